The van der Waals surface area contributed by atoms with Crippen molar-refractivity contribution in [2.45, 2.75) is 44.4 Å². The molecule has 0 aromatic heterocycles. The van der Waals surface area contributed by atoms with Gasteiger partial charge >= 0.3 is 0 Å². The zero-order valence-corrected chi connectivity index (χ0v) is 12.6. The maximum atomic E-state index is 13.2. The van der Waals surface area contributed by atoms with Crippen LogP contribution in [0.15, 0.2) is 24.3 Å². The van der Waals surface area contributed by atoms with Crippen molar-refractivity contribution in [3.63, 3.8) is 0 Å². The first-order valence-corrected chi connectivity index (χ1v) is 8.03. The number of nitrogens with two attached hydrogens (primary N) is 1. The Morgan fingerprint density at radius 1 is 1.29 bits per heavy atom. The number of aliphatic hydroxyl groups excluding tert-OH is 1. The number of nitrogens with zero attached hydrogens (tertiary/aromatic N) is 1. The van der Waals surface area contributed by atoms with E-state index in [1.807, 2.05) is 12.1 Å². The topological polar surface area (TPSA) is 49.5 Å². The molecule has 0 bridgehead atoms. The summed E-state index contributed by atoms with van der Waals surface area (Å²) in [4.78, 5) is 2.40. The predicted octanol–water partition coefficient (Wildman–Crippen LogP) is 2.31. The molecule has 0 spiro atoms. The van der Waals surface area contributed by atoms with Crippen LogP contribution < -0.4 is 5.73 Å². The summed E-state index contributed by atoms with van der Waals surface area (Å²) in [7, 11) is 0. The number of aliphatic hydroxyl groups is 1. The Labute approximate surface area is 125 Å². The number of rotatable bonds is 4. The smallest absolute Gasteiger partial charge is 0.123 e. The van der Waals surface area contributed by atoms with Gasteiger partial charge in [0.2, 0.25) is 0 Å². The molecule has 1 heterocycles. The van der Waals surface area contributed by atoms with Crippen molar-refractivity contribution in [2.24, 2.45) is 17.6 Å². The molecule has 1 aliphatic heterocycles. The van der Waals surface area contributed by atoms with Crippen LogP contribution in [0.3, 0.4) is 0 Å². The minimum Gasteiger partial charge on any atom is -0.393 e. The Hall–Kier alpha value is -0.970. The van der Waals surface area contributed by atoms with Crippen LogP contribution in [0, 0.1) is 17.7 Å². The average molecular weight is 292 g/mol. The molecule has 1 aromatic rings. The lowest BCUT2D eigenvalue weighted by Gasteiger charge is -2.33. The van der Waals surface area contributed by atoms with Crippen molar-refractivity contribution in [3.05, 3.63) is 35.6 Å². The van der Waals surface area contributed by atoms with Crippen LogP contribution in [-0.2, 0) is 0 Å². The van der Waals surface area contributed by atoms with Crippen LogP contribution in [-0.4, -0.2) is 35.2 Å². The zero-order chi connectivity index (χ0) is 15.0. The third-order valence-electron chi connectivity index (χ3n) is 5.33. The second kappa shape index (κ2) is 6.03. The highest BCUT2D eigenvalue weighted by Gasteiger charge is 2.44. The fourth-order valence-electron chi connectivity index (χ4n) is 4.11. The van der Waals surface area contributed by atoms with E-state index in [4.69, 9.17) is 5.73 Å². The number of likely N-dealkylation sites (tertiary alicyclic amines) is 1. The molecule has 1 aromatic carbocycles. The van der Waals surface area contributed by atoms with E-state index in [0.717, 1.165) is 37.9 Å². The van der Waals surface area contributed by atoms with Crippen LogP contribution in [0.1, 0.15) is 37.8 Å². The molecule has 3 rings (SSSR count). The van der Waals surface area contributed by atoms with Gasteiger partial charge < -0.3 is 10.8 Å². The maximum absolute atomic E-state index is 13.2. The van der Waals surface area contributed by atoms with E-state index in [2.05, 4.69) is 11.8 Å². The van der Waals surface area contributed by atoms with Crippen LogP contribution >= 0.6 is 0 Å². The van der Waals surface area contributed by atoms with Gasteiger partial charge in [-0.25, -0.2) is 4.39 Å². The van der Waals surface area contributed by atoms with E-state index in [1.165, 1.54) is 12.1 Å². The molecule has 3 nitrogen and oxygen atoms in total. The summed E-state index contributed by atoms with van der Waals surface area (Å²) in [6, 6.07) is 6.87. The number of hydrogen-bond acceptors (Lipinski definition) is 3. The number of benzene rings is 1. The van der Waals surface area contributed by atoms with Crippen molar-refractivity contribution >= 4 is 0 Å². The van der Waals surface area contributed by atoms with Gasteiger partial charge in [-0.15, -0.1) is 0 Å². The van der Waals surface area contributed by atoms with Gasteiger partial charge in [-0.05, 0) is 42.9 Å². The summed E-state index contributed by atoms with van der Waals surface area (Å²) in [5.74, 6) is 0.764. The Bertz CT molecular complexity index is 478. The Kier molecular flexibility index (Phi) is 4.29. The average Bonchev–Trinajstić information content (AvgIpc) is 3.04. The summed E-state index contributed by atoms with van der Waals surface area (Å²) in [5.41, 5.74) is 7.44. The highest BCUT2D eigenvalue weighted by atomic mass is 19.1. The molecule has 3 N–H and O–H groups in total. The summed E-state index contributed by atoms with van der Waals surface area (Å²) in [5, 5.41) is 10.1. The molecular weight excluding hydrogens is 267 g/mol. The van der Waals surface area contributed by atoms with E-state index in [9.17, 15) is 9.50 Å². The van der Waals surface area contributed by atoms with Gasteiger partial charge in [-0.2, -0.15) is 0 Å². The highest BCUT2D eigenvalue weighted by molar-refractivity contribution is 5.22. The molecule has 21 heavy (non-hydrogen) atoms. The fourth-order valence-corrected chi connectivity index (χ4v) is 4.11. The molecule has 2 aliphatic rings. The van der Waals surface area contributed by atoms with Crippen LogP contribution in [0.2, 0.25) is 0 Å². The first-order chi connectivity index (χ1) is 10.1. The second-order valence-corrected chi connectivity index (χ2v) is 6.59. The Morgan fingerprint density at radius 2 is 2.00 bits per heavy atom. The molecule has 2 fully saturated rings. The van der Waals surface area contributed by atoms with Crippen LogP contribution in [0.5, 0.6) is 0 Å². The number of halogens is 1. The minimum atomic E-state index is -0.212. The van der Waals surface area contributed by atoms with Gasteiger partial charge in [0.25, 0.3) is 0 Å². The number of hydrogen-bond donors (Lipinski definition) is 2. The van der Waals surface area contributed by atoms with Gasteiger partial charge in [0, 0.05) is 31.1 Å². The molecule has 1 aliphatic carbocycles. The summed E-state index contributed by atoms with van der Waals surface area (Å²) in [6.07, 6.45) is 2.77. The van der Waals surface area contributed by atoms with E-state index in [0.29, 0.717) is 11.8 Å². The van der Waals surface area contributed by atoms with E-state index >= 15 is 0 Å². The van der Waals surface area contributed by atoms with E-state index in [1.54, 1.807) is 0 Å². The van der Waals surface area contributed by atoms with E-state index < -0.39 is 0 Å². The first-order valence-electron chi connectivity index (χ1n) is 8.03. The highest BCUT2D eigenvalue weighted by Crippen LogP contribution is 2.42. The van der Waals surface area contributed by atoms with Gasteiger partial charge in [0.05, 0.1) is 6.10 Å². The normalized spacial score (nSPS) is 32.1. The largest absolute Gasteiger partial charge is 0.393 e. The Balaban J connectivity index is 1.82. The summed E-state index contributed by atoms with van der Waals surface area (Å²) >= 11 is 0. The maximum Gasteiger partial charge on any atom is 0.123 e. The standard InChI is InChI=1S/C17H25FN2O/c1-2-15(19)17(11-3-6-13(18)7-4-11)20-9-12-5-8-16(21)14(12)10-20/h3-4,6-7,12,14-17,21H,2,5,8-10,19H2,1H3. The molecule has 0 amide bonds. The minimum absolute atomic E-state index is 0.0337. The van der Waals surface area contributed by atoms with Crippen molar-refractivity contribution in [3.8, 4) is 0 Å². The third-order valence-corrected chi connectivity index (χ3v) is 5.33. The monoisotopic (exact) mass is 292 g/mol. The molecule has 0 radical (unpaired) electrons. The molecule has 5 atom stereocenters. The molecule has 4 heteroatoms. The quantitative estimate of drug-likeness (QED) is 0.895. The first kappa shape index (κ1) is 14.9. The van der Waals surface area contributed by atoms with Crippen LogP contribution in [0.25, 0.3) is 0 Å². The fraction of sp³-hybridized carbons (Fsp3) is 0.647. The number of fused-ring (bicyclic) bond motifs is 1. The van der Waals surface area contributed by atoms with Gasteiger partial charge in [-0.3, -0.25) is 4.90 Å². The lowest BCUT2D eigenvalue weighted by atomic mass is 9.96. The van der Waals surface area contributed by atoms with Crippen LogP contribution in [0.4, 0.5) is 4.39 Å². The van der Waals surface area contributed by atoms with E-state index in [-0.39, 0.29) is 24.0 Å². The molecular formula is C17H25FN2O. The lowest BCUT2D eigenvalue weighted by molar-refractivity contribution is 0.114. The zero-order valence-electron chi connectivity index (χ0n) is 12.6. The molecule has 116 valence electrons. The van der Waals surface area contributed by atoms with Crippen molar-refractivity contribution in [1.82, 2.24) is 4.90 Å². The van der Waals surface area contributed by atoms with Gasteiger partial charge in [0.15, 0.2) is 0 Å². The SMILES string of the molecule is CCC(N)C(c1ccc(F)cc1)N1CC2CCC(O)C2C1. The van der Waals surface area contributed by atoms with Crippen molar-refractivity contribution in [2.75, 3.05) is 13.1 Å². The van der Waals surface area contributed by atoms with Gasteiger partial charge in [0.1, 0.15) is 5.82 Å². The molecule has 1 saturated carbocycles. The Morgan fingerprint density at radius 3 is 2.62 bits per heavy atom. The van der Waals surface area contributed by atoms with Crippen molar-refractivity contribution in [1.29, 1.82) is 0 Å². The third kappa shape index (κ3) is 2.85. The van der Waals surface area contributed by atoms with Crippen molar-refractivity contribution < 1.29 is 9.50 Å². The molecule has 1 saturated heterocycles. The predicted molar refractivity (Wildman–Crippen MR) is 81.2 cm³/mol. The lowest BCUT2D eigenvalue weighted by Crippen LogP contribution is -2.40. The summed E-state index contributed by atoms with van der Waals surface area (Å²) < 4.78 is 13.2. The summed E-state index contributed by atoms with van der Waals surface area (Å²) in [6.45, 7) is 3.99. The molecule has 5 unspecified atom stereocenters. The second-order valence-electron chi connectivity index (χ2n) is 6.59. The van der Waals surface area contributed by atoms with Gasteiger partial charge in [-0.1, -0.05) is 19.1 Å².